The minimum Gasteiger partial charge on any atom is -0.479 e. The van der Waals surface area contributed by atoms with Crippen LogP contribution in [0.25, 0.3) is 0 Å². The Kier molecular flexibility index (Phi) is 6.91. The summed E-state index contributed by atoms with van der Waals surface area (Å²) in [5, 5.41) is 32.5. The summed E-state index contributed by atoms with van der Waals surface area (Å²) in [7, 11) is 0. The van der Waals surface area contributed by atoms with E-state index in [4.69, 9.17) is 20.4 Å². The summed E-state index contributed by atoms with van der Waals surface area (Å²) in [6, 6.07) is 0. The summed E-state index contributed by atoms with van der Waals surface area (Å²) in [5.41, 5.74) is -0.379. The molecule has 9 nitrogen and oxygen atoms in total. The van der Waals surface area contributed by atoms with Crippen molar-refractivity contribution in [2.75, 3.05) is 19.6 Å². The van der Waals surface area contributed by atoms with Gasteiger partial charge in [0.2, 0.25) is 0 Å². The summed E-state index contributed by atoms with van der Waals surface area (Å²) >= 11 is 0. The maximum Gasteiger partial charge on any atom is 0.434 e. The molecule has 4 rings (SSSR count). The number of aromatic nitrogens is 2. The van der Waals surface area contributed by atoms with E-state index in [1.54, 1.807) is 0 Å². The van der Waals surface area contributed by atoms with Crippen LogP contribution in [0, 0.1) is 5.92 Å². The maximum absolute atomic E-state index is 12.6. The number of hydrogen-bond donors (Lipinski definition) is 4. The number of halogens is 3. The van der Waals surface area contributed by atoms with Gasteiger partial charge in [-0.15, -0.1) is 0 Å². The summed E-state index contributed by atoms with van der Waals surface area (Å²) in [4.78, 5) is 29.3. The number of nitrogens with zero attached hydrogens (tertiary/aromatic N) is 3. The lowest BCUT2D eigenvalue weighted by Crippen LogP contribution is -2.46. The first-order valence-corrected chi connectivity index (χ1v) is 8.44. The van der Waals surface area contributed by atoms with Gasteiger partial charge in [-0.25, -0.2) is 14.6 Å². The Morgan fingerprint density at radius 3 is 2.00 bits per heavy atom. The van der Waals surface area contributed by atoms with Gasteiger partial charge in [0.05, 0.1) is 11.9 Å². The van der Waals surface area contributed by atoms with E-state index in [1.165, 1.54) is 6.20 Å². The number of carboxylic acid groups (broad SMARTS) is 2. The topological polar surface area (TPSA) is 144 Å². The number of carbonyl (C=O) groups is 2. The van der Waals surface area contributed by atoms with Crippen molar-refractivity contribution < 1.29 is 43.2 Å². The number of rotatable bonds is 4. The summed E-state index contributed by atoms with van der Waals surface area (Å²) < 4.78 is 37.8. The largest absolute Gasteiger partial charge is 0.479 e. The summed E-state index contributed by atoms with van der Waals surface area (Å²) in [6.07, 6.45) is -4.54. The number of aliphatic carboxylic acids is 2. The van der Waals surface area contributed by atoms with E-state index in [2.05, 4.69) is 14.9 Å². The fourth-order valence-corrected chi connectivity index (χ4v) is 3.27. The van der Waals surface area contributed by atoms with Crippen LogP contribution in [0.3, 0.4) is 0 Å². The Balaban J connectivity index is 0.000000242. The maximum atomic E-state index is 12.6. The van der Waals surface area contributed by atoms with Crippen LogP contribution in [0.2, 0.25) is 0 Å². The standard InChI is InChI=1S/C12H14F3N3.C4H6O6/c13-12(14,15)11-6-16-5-10(17-11)9-7-18-3-1-8(9)2-4-18;5-1(3(7)8)2(6)4(9)10/h5-6,8-9H,1-4,7H2;1-2,5-6H,(H,7,8)(H,9,10)/t9-;/m0./s1. The first-order valence-electron chi connectivity index (χ1n) is 8.44. The van der Waals surface area contributed by atoms with Crippen molar-refractivity contribution in [3.63, 3.8) is 0 Å². The Hall–Kier alpha value is -2.31. The van der Waals surface area contributed by atoms with Gasteiger partial charge in [0, 0.05) is 18.7 Å². The van der Waals surface area contributed by atoms with Crippen LogP contribution in [0.15, 0.2) is 12.4 Å². The molecule has 0 radical (unpaired) electrons. The second-order valence-corrected chi connectivity index (χ2v) is 6.64. The zero-order valence-corrected chi connectivity index (χ0v) is 14.6. The third-order valence-corrected chi connectivity index (χ3v) is 4.78. The van der Waals surface area contributed by atoms with Crippen molar-refractivity contribution in [2.24, 2.45) is 5.92 Å². The van der Waals surface area contributed by atoms with Crippen molar-refractivity contribution in [2.45, 2.75) is 37.1 Å². The number of hydrogen-bond acceptors (Lipinski definition) is 7. The Morgan fingerprint density at radius 2 is 1.61 bits per heavy atom. The number of aliphatic hydroxyl groups is 2. The molecule has 156 valence electrons. The molecule has 1 aromatic rings. The lowest BCUT2D eigenvalue weighted by molar-refractivity contribution is -0.165. The van der Waals surface area contributed by atoms with Crippen molar-refractivity contribution >= 4 is 11.9 Å². The molecule has 3 aliphatic heterocycles. The second-order valence-electron chi connectivity index (χ2n) is 6.64. The third kappa shape index (κ3) is 5.36. The first kappa shape index (κ1) is 22.0. The first-order chi connectivity index (χ1) is 13.0. The fourth-order valence-electron chi connectivity index (χ4n) is 3.27. The van der Waals surface area contributed by atoms with Crippen LogP contribution >= 0.6 is 0 Å². The highest BCUT2D eigenvalue weighted by atomic mass is 19.4. The smallest absolute Gasteiger partial charge is 0.434 e. The average molecular weight is 407 g/mol. The summed E-state index contributed by atoms with van der Waals surface area (Å²) in [5.74, 6) is -2.96. The molecule has 3 aliphatic rings. The van der Waals surface area contributed by atoms with Gasteiger partial charge in [0.25, 0.3) is 0 Å². The molecular weight excluding hydrogens is 387 g/mol. The quantitative estimate of drug-likeness (QED) is 0.549. The monoisotopic (exact) mass is 407 g/mol. The summed E-state index contributed by atoms with van der Waals surface area (Å²) in [6.45, 7) is 2.95. The predicted molar refractivity (Wildman–Crippen MR) is 86.2 cm³/mol. The molecule has 0 spiro atoms. The van der Waals surface area contributed by atoms with Crippen molar-refractivity contribution in [3.8, 4) is 0 Å². The van der Waals surface area contributed by atoms with E-state index >= 15 is 0 Å². The van der Waals surface area contributed by atoms with E-state index in [0.29, 0.717) is 11.6 Å². The Morgan fingerprint density at radius 1 is 1.07 bits per heavy atom. The van der Waals surface area contributed by atoms with Crippen molar-refractivity contribution in [1.82, 2.24) is 14.9 Å². The minimum atomic E-state index is -4.41. The van der Waals surface area contributed by atoms with Gasteiger partial charge in [0.15, 0.2) is 17.9 Å². The molecular formula is C16H20F3N3O6. The number of piperidine rings is 3. The van der Waals surface area contributed by atoms with Gasteiger partial charge in [-0.05, 0) is 31.8 Å². The van der Waals surface area contributed by atoms with Gasteiger partial charge in [0.1, 0.15) is 0 Å². The average Bonchev–Trinajstić information content (AvgIpc) is 2.67. The van der Waals surface area contributed by atoms with E-state index < -0.39 is 36.0 Å². The van der Waals surface area contributed by atoms with E-state index in [-0.39, 0.29) is 5.92 Å². The normalized spacial score (nSPS) is 26.0. The highest BCUT2D eigenvalue weighted by Crippen LogP contribution is 2.38. The van der Waals surface area contributed by atoms with Crippen LogP contribution in [0.5, 0.6) is 0 Å². The molecule has 4 N–H and O–H groups in total. The fraction of sp³-hybridized carbons (Fsp3) is 0.625. The van der Waals surface area contributed by atoms with Gasteiger partial charge in [-0.2, -0.15) is 13.2 Å². The Bertz CT molecular complexity index is 691. The molecule has 3 fully saturated rings. The molecule has 0 aliphatic carbocycles. The van der Waals surface area contributed by atoms with Gasteiger partial charge in [-0.1, -0.05) is 0 Å². The van der Waals surface area contributed by atoms with Crippen LogP contribution in [0.4, 0.5) is 13.2 Å². The molecule has 2 bridgehead atoms. The highest BCUT2D eigenvalue weighted by Gasteiger charge is 2.38. The van der Waals surface area contributed by atoms with Crippen LogP contribution in [0.1, 0.15) is 30.1 Å². The molecule has 28 heavy (non-hydrogen) atoms. The van der Waals surface area contributed by atoms with Crippen LogP contribution < -0.4 is 0 Å². The lowest BCUT2D eigenvalue weighted by Gasteiger charge is -2.44. The van der Waals surface area contributed by atoms with Crippen LogP contribution in [-0.4, -0.2) is 79.1 Å². The molecule has 4 heterocycles. The number of fused-ring (bicyclic) bond motifs is 3. The van der Waals surface area contributed by atoms with E-state index in [9.17, 15) is 22.8 Å². The highest BCUT2D eigenvalue weighted by molar-refractivity contribution is 5.83. The number of alkyl halides is 3. The molecule has 1 aromatic heterocycles. The number of carboxylic acids is 2. The van der Waals surface area contributed by atoms with E-state index in [1.807, 2.05) is 0 Å². The van der Waals surface area contributed by atoms with Crippen molar-refractivity contribution in [3.05, 3.63) is 23.8 Å². The van der Waals surface area contributed by atoms with Crippen molar-refractivity contribution in [1.29, 1.82) is 0 Å². The van der Waals surface area contributed by atoms with Gasteiger partial charge < -0.3 is 25.3 Å². The van der Waals surface area contributed by atoms with E-state index in [0.717, 1.165) is 38.7 Å². The molecule has 0 saturated carbocycles. The molecule has 12 heteroatoms. The number of aliphatic hydroxyl groups excluding tert-OH is 2. The van der Waals surface area contributed by atoms with Crippen LogP contribution in [-0.2, 0) is 15.8 Å². The molecule has 0 amide bonds. The molecule has 2 unspecified atom stereocenters. The minimum absolute atomic E-state index is 0.113. The molecule has 0 aromatic carbocycles. The molecule has 3 atom stereocenters. The second kappa shape index (κ2) is 8.80. The lowest BCUT2D eigenvalue weighted by atomic mass is 9.77. The predicted octanol–water partition coefficient (Wildman–Crippen LogP) is 0.182. The van der Waals surface area contributed by atoms with Gasteiger partial charge in [-0.3, -0.25) is 4.98 Å². The van der Waals surface area contributed by atoms with Gasteiger partial charge >= 0.3 is 18.1 Å². The SMILES string of the molecule is FC(F)(F)c1cncc([C@H]2CN3CCC2CC3)n1.O=C(O)C(O)C(O)C(=O)O. The molecule has 3 saturated heterocycles. The Labute approximate surface area is 157 Å². The zero-order valence-electron chi connectivity index (χ0n) is 14.6. The zero-order chi connectivity index (χ0) is 21.1. The third-order valence-electron chi connectivity index (χ3n) is 4.78.